The smallest absolute Gasteiger partial charge is 0.408 e. The second-order valence-corrected chi connectivity index (χ2v) is 15.3. The summed E-state index contributed by atoms with van der Waals surface area (Å²) >= 11 is 0. The third-order valence-electron chi connectivity index (χ3n) is 6.05. The summed E-state index contributed by atoms with van der Waals surface area (Å²) in [6.45, 7) is 16.2. The number of amides is 1. The minimum absolute atomic E-state index is 0.111. The van der Waals surface area contributed by atoms with Gasteiger partial charge >= 0.3 is 14.4 Å². The lowest BCUT2D eigenvalue weighted by Gasteiger charge is -2.43. The second-order valence-electron chi connectivity index (χ2n) is 11.1. The minimum Gasteiger partial charge on any atom is -0.534 e. The van der Waals surface area contributed by atoms with Crippen LogP contribution >= 0.6 is 0 Å². The van der Waals surface area contributed by atoms with E-state index >= 15 is 0 Å². The van der Waals surface area contributed by atoms with Crippen molar-refractivity contribution in [1.29, 1.82) is 0 Å². The van der Waals surface area contributed by atoms with Gasteiger partial charge in [0.15, 0.2) is 0 Å². The van der Waals surface area contributed by atoms with Gasteiger partial charge in [-0.1, -0.05) is 99.6 Å². The Morgan fingerprint density at radius 1 is 0.861 bits per heavy atom. The molecule has 0 heterocycles. The van der Waals surface area contributed by atoms with E-state index in [0.717, 1.165) is 11.3 Å². The molecular formula is C31H39NO3Si. The molecule has 0 saturated heterocycles. The molecule has 0 radical (unpaired) electrons. The van der Waals surface area contributed by atoms with Gasteiger partial charge in [0, 0.05) is 0 Å². The molecule has 5 heteroatoms. The molecule has 3 rings (SSSR count). The zero-order chi connectivity index (χ0) is 26.4. The van der Waals surface area contributed by atoms with Crippen molar-refractivity contribution in [1.82, 2.24) is 5.32 Å². The molecule has 0 aliphatic heterocycles. The van der Waals surface area contributed by atoms with E-state index in [-0.39, 0.29) is 11.1 Å². The molecule has 4 nitrogen and oxygen atoms in total. The molecule has 0 bridgehead atoms. The molecule has 0 aliphatic rings. The molecule has 36 heavy (non-hydrogen) atoms. The Bertz CT molecular complexity index is 1090. The van der Waals surface area contributed by atoms with Crippen LogP contribution in [-0.2, 0) is 11.2 Å². The summed E-state index contributed by atoms with van der Waals surface area (Å²) in [5.41, 5.74) is 0.529. The third kappa shape index (κ3) is 6.67. The van der Waals surface area contributed by atoms with Crippen molar-refractivity contribution in [3.63, 3.8) is 0 Å². The monoisotopic (exact) mass is 501 g/mol. The van der Waals surface area contributed by atoms with Gasteiger partial charge in [-0.3, -0.25) is 0 Å². The summed E-state index contributed by atoms with van der Waals surface area (Å²) in [6.07, 6.45) is 1.90. The molecular weight excluding hydrogens is 462 g/mol. The molecule has 190 valence electrons. The normalized spacial score (nSPS) is 12.9. The van der Waals surface area contributed by atoms with Gasteiger partial charge in [-0.25, -0.2) is 4.79 Å². The lowest BCUT2D eigenvalue weighted by atomic mass is 10.1. The highest BCUT2D eigenvalue weighted by Gasteiger charge is 2.52. The standard InChI is InChI=1S/C31H39NO3Si/c1-8-25(32-29(33)34-30(2,3)4)23-24-19-21-26(22-20-24)35-36(31(5,6)7,27-15-11-9-12-16-27)28-17-13-10-14-18-28/h8-22,25H,1,23H2,2-7H3,(H,32,33)/t25-/m1/s1. The molecule has 1 atom stereocenters. The molecule has 1 N–H and O–H groups in total. The van der Waals surface area contributed by atoms with Gasteiger partial charge in [-0.05, 0) is 60.3 Å². The highest BCUT2D eigenvalue weighted by Crippen LogP contribution is 2.37. The van der Waals surface area contributed by atoms with Crippen LogP contribution in [0.5, 0.6) is 5.75 Å². The van der Waals surface area contributed by atoms with Gasteiger partial charge in [0.25, 0.3) is 0 Å². The Morgan fingerprint density at radius 3 is 1.78 bits per heavy atom. The molecule has 0 unspecified atom stereocenters. The average Bonchev–Trinajstić information content (AvgIpc) is 2.82. The van der Waals surface area contributed by atoms with Crippen molar-refractivity contribution in [2.75, 3.05) is 0 Å². The van der Waals surface area contributed by atoms with E-state index in [4.69, 9.17) is 9.16 Å². The van der Waals surface area contributed by atoms with E-state index in [2.05, 4.69) is 93.3 Å². The molecule has 0 aromatic heterocycles. The van der Waals surface area contributed by atoms with Crippen LogP contribution in [0.15, 0.2) is 97.6 Å². The van der Waals surface area contributed by atoms with Crippen molar-refractivity contribution in [3.8, 4) is 5.75 Å². The Labute approximate surface area is 217 Å². The summed E-state index contributed by atoms with van der Waals surface area (Å²) in [5.74, 6) is 0.836. The third-order valence-corrected chi connectivity index (χ3v) is 11.0. The molecule has 0 spiro atoms. The van der Waals surface area contributed by atoms with Crippen LogP contribution in [0.25, 0.3) is 0 Å². The Hall–Kier alpha value is -3.31. The maximum Gasteiger partial charge on any atom is 0.408 e. The SMILES string of the molecule is C=C[C@H](Cc1ccc(O[Si](c2ccccc2)(c2ccccc2)C(C)(C)C)cc1)NC(=O)OC(C)(C)C. The van der Waals surface area contributed by atoms with Crippen molar-refractivity contribution >= 4 is 24.8 Å². The zero-order valence-corrected chi connectivity index (χ0v) is 23.4. The van der Waals surface area contributed by atoms with E-state index in [1.54, 1.807) is 6.08 Å². The highest BCUT2D eigenvalue weighted by molar-refractivity contribution is 7.00. The first-order valence-corrected chi connectivity index (χ1v) is 14.4. The van der Waals surface area contributed by atoms with Gasteiger partial charge < -0.3 is 14.5 Å². The maximum absolute atomic E-state index is 12.2. The van der Waals surface area contributed by atoms with Gasteiger partial charge in [0.05, 0.1) is 6.04 Å². The number of rotatable bonds is 8. The lowest BCUT2D eigenvalue weighted by molar-refractivity contribution is 0.0514. The fourth-order valence-corrected chi connectivity index (χ4v) is 8.85. The summed E-state index contributed by atoms with van der Waals surface area (Å²) in [5, 5.41) is 5.25. The number of alkyl carbamates (subject to hydrolysis) is 1. The predicted molar refractivity (Wildman–Crippen MR) is 152 cm³/mol. The fraction of sp³-hybridized carbons (Fsp3) is 0.323. The molecule has 0 aliphatic carbocycles. The van der Waals surface area contributed by atoms with Crippen LogP contribution in [0.4, 0.5) is 4.79 Å². The Morgan fingerprint density at radius 2 is 1.36 bits per heavy atom. The molecule has 0 fully saturated rings. The first-order chi connectivity index (χ1) is 16.9. The van der Waals surface area contributed by atoms with Crippen LogP contribution in [0.2, 0.25) is 5.04 Å². The van der Waals surface area contributed by atoms with Crippen molar-refractivity contribution in [3.05, 3.63) is 103 Å². The summed E-state index contributed by atoms with van der Waals surface area (Å²) < 4.78 is 12.5. The van der Waals surface area contributed by atoms with Gasteiger partial charge in [0.1, 0.15) is 11.4 Å². The number of carbonyl (C=O) groups is 1. The van der Waals surface area contributed by atoms with Crippen LogP contribution in [0.3, 0.4) is 0 Å². The second kappa shape index (κ2) is 11.2. The van der Waals surface area contributed by atoms with Crippen LogP contribution < -0.4 is 20.1 Å². The summed E-state index contributed by atoms with van der Waals surface area (Å²) in [4.78, 5) is 12.2. The molecule has 3 aromatic rings. The summed E-state index contributed by atoms with van der Waals surface area (Å²) in [6, 6.07) is 29.2. The van der Waals surface area contributed by atoms with Crippen LogP contribution in [0, 0.1) is 0 Å². The number of hydrogen-bond donors (Lipinski definition) is 1. The molecule has 0 saturated carbocycles. The topological polar surface area (TPSA) is 47.6 Å². The zero-order valence-electron chi connectivity index (χ0n) is 22.4. The largest absolute Gasteiger partial charge is 0.534 e. The number of nitrogens with one attached hydrogen (secondary N) is 1. The van der Waals surface area contributed by atoms with E-state index in [1.165, 1.54) is 10.4 Å². The van der Waals surface area contributed by atoms with Gasteiger partial charge in [-0.15, -0.1) is 6.58 Å². The first kappa shape index (κ1) is 27.3. The van der Waals surface area contributed by atoms with Crippen molar-refractivity contribution < 1.29 is 14.0 Å². The summed E-state index contributed by atoms with van der Waals surface area (Å²) in [7, 11) is -2.68. The van der Waals surface area contributed by atoms with E-state index < -0.39 is 20.0 Å². The predicted octanol–water partition coefficient (Wildman–Crippen LogP) is 6.25. The molecule has 3 aromatic carbocycles. The maximum atomic E-state index is 12.2. The quantitative estimate of drug-likeness (QED) is 0.293. The molecule has 1 amide bonds. The van der Waals surface area contributed by atoms with E-state index in [0.29, 0.717) is 6.42 Å². The first-order valence-electron chi connectivity index (χ1n) is 12.5. The Balaban J connectivity index is 1.88. The van der Waals surface area contributed by atoms with Gasteiger partial charge in [0.2, 0.25) is 0 Å². The Kier molecular flexibility index (Phi) is 8.46. The van der Waals surface area contributed by atoms with E-state index in [1.807, 2.05) is 45.0 Å². The minimum atomic E-state index is -2.68. The van der Waals surface area contributed by atoms with Crippen LogP contribution in [-0.4, -0.2) is 26.1 Å². The average molecular weight is 502 g/mol. The van der Waals surface area contributed by atoms with Crippen LogP contribution in [0.1, 0.15) is 47.1 Å². The number of carbonyl (C=O) groups excluding carboxylic acids is 1. The number of ether oxygens (including phenoxy) is 1. The lowest BCUT2D eigenvalue weighted by Crippen LogP contribution is -2.68. The number of benzene rings is 3. The fourth-order valence-electron chi connectivity index (χ4n) is 4.43. The number of hydrogen-bond acceptors (Lipinski definition) is 3. The highest BCUT2D eigenvalue weighted by atomic mass is 28.4. The van der Waals surface area contributed by atoms with E-state index in [9.17, 15) is 4.79 Å². The van der Waals surface area contributed by atoms with Crippen molar-refractivity contribution in [2.24, 2.45) is 0 Å². The van der Waals surface area contributed by atoms with Crippen molar-refractivity contribution in [2.45, 2.75) is 64.6 Å². The van der Waals surface area contributed by atoms with Gasteiger partial charge in [-0.2, -0.15) is 0 Å².